The number of nitrogens with zero attached hydrogens (tertiary/aromatic N) is 1. The lowest BCUT2D eigenvalue weighted by atomic mass is 10.3. The van der Waals surface area contributed by atoms with Gasteiger partial charge in [-0.15, -0.1) is 11.8 Å². The van der Waals surface area contributed by atoms with Gasteiger partial charge in [0.25, 0.3) is 0 Å². The fourth-order valence-electron chi connectivity index (χ4n) is 2.72. The van der Waals surface area contributed by atoms with Crippen LogP contribution in [-0.4, -0.2) is 57.1 Å². The minimum atomic E-state index is -3.87. The number of halogens is 1. The van der Waals surface area contributed by atoms with Crippen LogP contribution in [0.1, 0.15) is 12.8 Å². The van der Waals surface area contributed by atoms with E-state index < -0.39 is 16.1 Å². The topological polar surface area (TPSA) is 84.9 Å². The second-order valence-electron chi connectivity index (χ2n) is 6.23. The second-order valence-corrected chi connectivity index (χ2v) is 9.95. The number of carbonyl (C=O) groups is 1. The number of rotatable bonds is 7. The maximum absolute atomic E-state index is 13.2. The van der Waals surface area contributed by atoms with Crippen molar-refractivity contribution in [1.82, 2.24) is 9.62 Å². The molecule has 1 saturated heterocycles. The monoisotopic (exact) mass is 464 g/mol. The van der Waals surface area contributed by atoms with E-state index >= 15 is 0 Å². The smallest absolute Gasteiger partial charge is 0.245 e. The van der Waals surface area contributed by atoms with Gasteiger partial charge in [-0.25, -0.2) is 8.42 Å². The molecule has 1 aliphatic carbocycles. The molecule has 26 heavy (non-hydrogen) atoms. The first kappa shape index (κ1) is 19.8. The molecule has 1 aromatic rings. The van der Waals surface area contributed by atoms with Crippen molar-refractivity contribution >= 4 is 43.6 Å². The maximum Gasteiger partial charge on any atom is 0.245 e. The number of nitrogens with one attached hydrogen (secondary N) is 1. The molecule has 144 valence electrons. The minimum absolute atomic E-state index is 0.0534. The molecule has 2 aliphatic rings. The molecule has 7 nitrogen and oxygen atoms in total. The van der Waals surface area contributed by atoms with Gasteiger partial charge in [0, 0.05) is 22.8 Å². The average molecular weight is 465 g/mol. The molecule has 0 radical (unpaired) electrons. The zero-order chi connectivity index (χ0) is 18.9. The quantitative estimate of drug-likeness (QED) is 0.664. The highest BCUT2D eigenvalue weighted by atomic mass is 79.9. The number of amides is 1. The van der Waals surface area contributed by atoms with Gasteiger partial charge in [-0.05, 0) is 40.8 Å². The molecule has 1 saturated carbocycles. The summed E-state index contributed by atoms with van der Waals surface area (Å²) in [6.45, 7) is 0.619. The van der Waals surface area contributed by atoms with E-state index in [9.17, 15) is 13.2 Å². The first-order chi connectivity index (χ1) is 12.4. The van der Waals surface area contributed by atoms with E-state index in [0.29, 0.717) is 34.2 Å². The Labute approximate surface area is 166 Å². The molecule has 2 fully saturated rings. The molecular weight excluding hydrogens is 444 g/mol. The fraction of sp³-hybridized carbons (Fsp3) is 0.562. The predicted octanol–water partition coefficient (Wildman–Crippen LogP) is 2.06. The lowest BCUT2D eigenvalue weighted by Gasteiger charge is -2.23. The van der Waals surface area contributed by atoms with Crippen molar-refractivity contribution in [3.05, 3.63) is 16.6 Å². The Kier molecular flexibility index (Phi) is 6.05. The Morgan fingerprint density at radius 2 is 1.96 bits per heavy atom. The Balaban J connectivity index is 1.87. The van der Waals surface area contributed by atoms with Crippen LogP contribution in [0, 0.1) is 5.92 Å². The highest BCUT2D eigenvalue weighted by molar-refractivity contribution is 9.10. The number of benzene rings is 1. The zero-order valence-electron chi connectivity index (χ0n) is 14.5. The number of carbonyl (C=O) groups excluding carboxylic acids is 1. The van der Waals surface area contributed by atoms with Crippen molar-refractivity contribution < 1.29 is 22.7 Å². The molecule has 1 unspecified atom stereocenters. The third-order valence-corrected chi connectivity index (χ3v) is 8.42. The lowest BCUT2D eigenvalue weighted by molar-refractivity contribution is -0.123. The molecule has 1 N–H and O–H groups in total. The predicted molar refractivity (Wildman–Crippen MR) is 103 cm³/mol. The standard InChI is InChI=1S/C16H21BrN2O5S2/c1-23-13-5-11(17)15(6-14(13)24-2)26(21,22)19-9-25-8-12(19)16(20)18-7-10-3-4-10/h5-6,10,12H,3-4,7-9H2,1-2H3,(H,18,20). The number of hydrogen-bond donors (Lipinski definition) is 1. The molecule has 0 aromatic heterocycles. The number of hydrogen-bond acceptors (Lipinski definition) is 6. The first-order valence-electron chi connectivity index (χ1n) is 8.17. The van der Waals surface area contributed by atoms with Crippen LogP contribution in [-0.2, 0) is 14.8 Å². The normalized spacial score (nSPS) is 20.8. The van der Waals surface area contributed by atoms with Crippen LogP contribution in [0.4, 0.5) is 0 Å². The third kappa shape index (κ3) is 3.97. The van der Waals surface area contributed by atoms with Gasteiger partial charge in [0.1, 0.15) is 10.9 Å². The lowest BCUT2D eigenvalue weighted by Crippen LogP contribution is -2.47. The molecule has 0 bridgehead atoms. The number of thioether (sulfide) groups is 1. The Hall–Kier alpha value is -0.970. The van der Waals surface area contributed by atoms with Gasteiger partial charge in [-0.3, -0.25) is 4.79 Å². The average Bonchev–Trinajstić information content (AvgIpc) is 3.31. The summed E-state index contributed by atoms with van der Waals surface area (Å²) in [5.41, 5.74) is 0. The van der Waals surface area contributed by atoms with E-state index in [4.69, 9.17) is 9.47 Å². The summed E-state index contributed by atoms with van der Waals surface area (Å²) in [5.74, 6) is 1.73. The van der Waals surface area contributed by atoms with Crippen LogP contribution in [0.2, 0.25) is 0 Å². The van der Waals surface area contributed by atoms with Gasteiger partial charge in [0.15, 0.2) is 11.5 Å². The highest BCUT2D eigenvalue weighted by Crippen LogP contribution is 2.38. The van der Waals surface area contributed by atoms with Crippen LogP contribution in [0.15, 0.2) is 21.5 Å². The molecule has 1 amide bonds. The zero-order valence-corrected chi connectivity index (χ0v) is 17.7. The number of sulfonamides is 1. The third-order valence-electron chi connectivity index (χ3n) is 4.43. The van der Waals surface area contributed by atoms with Crippen molar-refractivity contribution in [2.75, 3.05) is 32.4 Å². The highest BCUT2D eigenvalue weighted by Gasteiger charge is 2.41. The van der Waals surface area contributed by atoms with E-state index in [2.05, 4.69) is 21.2 Å². The van der Waals surface area contributed by atoms with Crippen molar-refractivity contribution in [3.8, 4) is 11.5 Å². The second kappa shape index (κ2) is 7.95. The maximum atomic E-state index is 13.2. The molecule has 10 heteroatoms. The Morgan fingerprint density at radius 3 is 2.58 bits per heavy atom. The van der Waals surface area contributed by atoms with Crippen LogP contribution >= 0.6 is 27.7 Å². The number of ether oxygens (including phenoxy) is 2. The minimum Gasteiger partial charge on any atom is -0.493 e. The van der Waals surface area contributed by atoms with E-state index in [1.54, 1.807) is 6.07 Å². The van der Waals surface area contributed by atoms with Gasteiger partial charge < -0.3 is 14.8 Å². The van der Waals surface area contributed by atoms with Crippen LogP contribution in [0.3, 0.4) is 0 Å². The van der Waals surface area contributed by atoms with Gasteiger partial charge in [0.2, 0.25) is 15.9 Å². The van der Waals surface area contributed by atoms with E-state index in [1.807, 2.05) is 0 Å². The summed E-state index contributed by atoms with van der Waals surface area (Å²) in [5, 5.41) is 2.88. The largest absolute Gasteiger partial charge is 0.493 e. The van der Waals surface area contributed by atoms with Crippen molar-refractivity contribution in [2.24, 2.45) is 5.92 Å². The molecule has 3 rings (SSSR count). The number of methoxy groups -OCH3 is 2. The summed E-state index contributed by atoms with van der Waals surface area (Å²) in [7, 11) is -0.946. The summed E-state index contributed by atoms with van der Waals surface area (Å²) >= 11 is 4.73. The van der Waals surface area contributed by atoms with E-state index in [-0.39, 0.29) is 16.7 Å². The summed E-state index contributed by atoms with van der Waals surface area (Å²) in [6, 6.07) is 2.26. The van der Waals surface area contributed by atoms with Crippen LogP contribution < -0.4 is 14.8 Å². The molecule has 0 spiro atoms. The van der Waals surface area contributed by atoms with Crippen LogP contribution in [0.25, 0.3) is 0 Å². The molecule has 1 aliphatic heterocycles. The fourth-order valence-corrected chi connectivity index (χ4v) is 6.86. The van der Waals surface area contributed by atoms with Crippen molar-refractivity contribution in [1.29, 1.82) is 0 Å². The Morgan fingerprint density at radius 1 is 1.31 bits per heavy atom. The summed E-state index contributed by atoms with van der Waals surface area (Å²) < 4.78 is 38.4. The van der Waals surface area contributed by atoms with Crippen molar-refractivity contribution in [2.45, 2.75) is 23.8 Å². The summed E-state index contributed by atoms with van der Waals surface area (Å²) in [4.78, 5) is 12.5. The van der Waals surface area contributed by atoms with E-state index in [1.165, 1.54) is 36.4 Å². The summed E-state index contributed by atoms with van der Waals surface area (Å²) in [6.07, 6.45) is 2.25. The first-order valence-corrected chi connectivity index (χ1v) is 11.6. The van der Waals surface area contributed by atoms with Gasteiger partial charge in [0.05, 0.1) is 20.1 Å². The SMILES string of the molecule is COc1cc(Br)c(S(=O)(=O)N2CSCC2C(=O)NCC2CC2)cc1OC. The van der Waals surface area contributed by atoms with Gasteiger partial charge in [-0.2, -0.15) is 4.31 Å². The van der Waals surface area contributed by atoms with Crippen LogP contribution in [0.5, 0.6) is 11.5 Å². The molecule has 1 aromatic carbocycles. The van der Waals surface area contributed by atoms with Crippen molar-refractivity contribution in [3.63, 3.8) is 0 Å². The molecular formula is C16H21BrN2O5S2. The van der Waals surface area contributed by atoms with Gasteiger partial charge >= 0.3 is 0 Å². The molecule has 1 atom stereocenters. The molecule has 1 heterocycles. The Bertz CT molecular complexity index is 798. The van der Waals surface area contributed by atoms with Gasteiger partial charge in [-0.1, -0.05) is 0 Å². The van der Waals surface area contributed by atoms with E-state index in [0.717, 1.165) is 12.8 Å².